The number of carbonyl (C=O) groups is 1. The molecule has 2 aromatic heterocycles. The maximum Gasteiger partial charge on any atom is 0.251 e. The number of fused-ring (bicyclic) bond motifs is 1. The van der Waals surface area contributed by atoms with Gasteiger partial charge in [-0.15, -0.1) is 0 Å². The lowest BCUT2D eigenvalue weighted by Gasteiger charge is -2.34. The quantitative estimate of drug-likeness (QED) is 0.712. The zero-order chi connectivity index (χ0) is 20.2. The molecular weight excluding hydrogens is 370 g/mol. The van der Waals surface area contributed by atoms with Crippen LogP contribution in [0.25, 0.3) is 10.9 Å². The van der Waals surface area contributed by atoms with Gasteiger partial charge in [-0.05, 0) is 31.0 Å². The number of hydrogen-bond acceptors (Lipinski definition) is 7. The van der Waals surface area contributed by atoms with Crippen molar-refractivity contribution in [2.24, 2.45) is 0 Å². The maximum absolute atomic E-state index is 12.5. The van der Waals surface area contributed by atoms with Gasteiger partial charge < -0.3 is 19.7 Å². The zero-order valence-corrected chi connectivity index (χ0v) is 16.5. The Morgan fingerprint density at radius 1 is 1.14 bits per heavy atom. The highest BCUT2D eigenvalue weighted by Gasteiger charge is 2.24. The van der Waals surface area contributed by atoms with E-state index in [0.29, 0.717) is 23.6 Å². The minimum absolute atomic E-state index is 0.0366. The number of nitrogens with one attached hydrogen (secondary N) is 1. The number of ether oxygens (including phenoxy) is 2. The van der Waals surface area contributed by atoms with Crippen molar-refractivity contribution in [3.63, 3.8) is 0 Å². The van der Waals surface area contributed by atoms with Crippen LogP contribution in [0.2, 0.25) is 0 Å². The topological polar surface area (TPSA) is 89.5 Å². The summed E-state index contributed by atoms with van der Waals surface area (Å²) in [7, 11) is 3.21. The van der Waals surface area contributed by atoms with E-state index < -0.39 is 0 Å². The van der Waals surface area contributed by atoms with E-state index in [9.17, 15) is 4.79 Å². The van der Waals surface area contributed by atoms with Crippen LogP contribution >= 0.6 is 0 Å². The standard InChI is InChI=1S/C21H23N5O3/c1-28-18-10-16-17(11-19(18)29-2)23-13-24-20(16)26-9-3-4-15(12-26)25-21(27)14-5-7-22-8-6-14/h5-8,10-11,13,15H,3-4,9,12H2,1-2H3,(H,25,27). The number of aromatic nitrogens is 3. The molecule has 1 fully saturated rings. The highest BCUT2D eigenvalue weighted by atomic mass is 16.5. The van der Waals surface area contributed by atoms with E-state index >= 15 is 0 Å². The first-order valence-corrected chi connectivity index (χ1v) is 9.52. The van der Waals surface area contributed by atoms with E-state index in [1.807, 2.05) is 12.1 Å². The Labute approximate surface area is 168 Å². The van der Waals surface area contributed by atoms with Crippen LogP contribution in [0.5, 0.6) is 11.5 Å². The first kappa shape index (κ1) is 18.9. The number of hydrogen-bond donors (Lipinski definition) is 1. The van der Waals surface area contributed by atoms with E-state index in [0.717, 1.165) is 36.1 Å². The second kappa shape index (κ2) is 8.30. The van der Waals surface area contributed by atoms with Gasteiger partial charge in [-0.2, -0.15) is 0 Å². The number of methoxy groups -OCH3 is 2. The molecule has 8 nitrogen and oxygen atoms in total. The molecule has 0 saturated carbocycles. The van der Waals surface area contributed by atoms with Crippen molar-refractivity contribution in [1.29, 1.82) is 0 Å². The summed E-state index contributed by atoms with van der Waals surface area (Å²) in [5, 5.41) is 4.02. The molecule has 1 aliphatic heterocycles. The minimum atomic E-state index is -0.0850. The molecule has 1 aromatic carbocycles. The summed E-state index contributed by atoms with van der Waals surface area (Å²) in [6.07, 6.45) is 6.68. The lowest BCUT2D eigenvalue weighted by atomic mass is 10.0. The molecule has 0 spiro atoms. The van der Waals surface area contributed by atoms with E-state index in [1.165, 1.54) is 0 Å². The lowest BCUT2D eigenvalue weighted by molar-refractivity contribution is 0.0933. The molecule has 0 bridgehead atoms. The molecule has 0 radical (unpaired) electrons. The third kappa shape index (κ3) is 3.91. The first-order valence-electron chi connectivity index (χ1n) is 9.52. The largest absolute Gasteiger partial charge is 0.493 e. The number of anilines is 1. The third-order valence-corrected chi connectivity index (χ3v) is 5.12. The van der Waals surface area contributed by atoms with Crippen molar-refractivity contribution in [2.75, 3.05) is 32.2 Å². The van der Waals surface area contributed by atoms with Crippen molar-refractivity contribution in [3.05, 3.63) is 48.5 Å². The van der Waals surface area contributed by atoms with Crippen LogP contribution < -0.4 is 19.7 Å². The fourth-order valence-electron chi connectivity index (χ4n) is 3.68. The number of pyridine rings is 1. The van der Waals surface area contributed by atoms with Crippen LogP contribution in [0.4, 0.5) is 5.82 Å². The van der Waals surface area contributed by atoms with Crippen LogP contribution in [0.15, 0.2) is 43.0 Å². The molecule has 1 atom stereocenters. The van der Waals surface area contributed by atoms with Gasteiger partial charge in [0, 0.05) is 48.5 Å². The fourth-order valence-corrected chi connectivity index (χ4v) is 3.68. The Morgan fingerprint density at radius 2 is 1.90 bits per heavy atom. The lowest BCUT2D eigenvalue weighted by Crippen LogP contribution is -2.48. The molecule has 3 heterocycles. The molecule has 29 heavy (non-hydrogen) atoms. The molecular formula is C21H23N5O3. The maximum atomic E-state index is 12.5. The average molecular weight is 393 g/mol. The number of nitrogens with zero attached hydrogens (tertiary/aromatic N) is 4. The van der Waals surface area contributed by atoms with Crippen LogP contribution in [0.3, 0.4) is 0 Å². The van der Waals surface area contributed by atoms with Gasteiger partial charge in [-0.3, -0.25) is 9.78 Å². The summed E-state index contributed by atoms with van der Waals surface area (Å²) >= 11 is 0. The Morgan fingerprint density at radius 3 is 2.66 bits per heavy atom. The van der Waals surface area contributed by atoms with Crippen LogP contribution in [0.1, 0.15) is 23.2 Å². The summed E-state index contributed by atoms with van der Waals surface area (Å²) < 4.78 is 10.8. The van der Waals surface area contributed by atoms with Gasteiger partial charge in [0.2, 0.25) is 0 Å². The first-order chi connectivity index (χ1) is 14.2. The van der Waals surface area contributed by atoms with Gasteiger partial charge in [0.15, 0.2) is 11.5 Å². The summed E-state index contributed by atoms with van der Waals surface area (Å²) in [4.78, 5) is 27.6. The summed E-state index contributed by atoms with van der Waals surface area (Å²) in [5.74, 6) is 2.01. The molecule has 1 aliphatic rings. The van der Waals surface area contributed by atoms with Gasteiger partial charge in [0.05, 0.1) is 19.7 Å². The normalized spacial score (nSPS) is 16.5. The van der Waals surface area contributed by atoms with Gasteiger partial charge >= 0.3 is 0 Å². The van der Waals surface area contributed by atoms with Crippen molar-refractivity contribution in [2.45, 2.75) is 18.9 Å². The fraction of sp³-hybridized carbons (Fsp3) is 0.333. The van der Waals surface area contributed by atoms with Gasteiger partial charge in [-0.25, -0.2) is 9.97 Å². The Bertz CT molecular complexity index is 1010. The van der Waals surface area contributed by atoms with Crippen molar-refractivity contribution >= 4 is 22.6 Å². The van der Waals surface area contributed by atoms with E-state index in [2.05, 4.69) is 25.2 Å². The minimum Gasteiger partial charge on any atom is -0.493 e. The Balaban J connectivity index is 1.58. The predicted octanol–water partition coefficient (Wildman–Crippen LogP) is 2.44. The van der Waals surface area contributed by atoms with E-state index in [-0.39, 0.29) is 11.9 Å². The highest BCUT2D eigenvalue weighted by molar-refractivity contribution is 5.94. The molecule has 1 unspecified atom stereocenters. The van der Waals surface area contributed by atoms with E-state index in [4.69, 9.17) is 9.47 Å². The second-order valence-corrected chi connectivity index (χ2v) is 6.92. The Hall–Kier alpha value is -3.42. The third-order valence-electron chi connectivity index (χ3n) is 5.12. The summed E-state index contributed by atoms with van der Waals surface area (Å²) in [6.45, 7) is 1.54. The predicted molar refractivity (Wildman–Crippen MR) is 110 cm³/mol. The molecule has 150 valence electrons. The Kier molecular flexibility index (Phi) is 5.41. The van der Waals surface area contributed by atoms with Gasteiger partial charge in [-0.1, -0.05) is 0 Å². The van der Waals surface area contributed by atoms with Gasteiger partial charge in [0.1, 0.15) is 12.1 Å². The highest BCUT2D eigenvalue weighted by Crippen LogP contribution is 2.35. The monoisotopic (exact) mass is 393 g/mol. The van der Waals surface area contributed by atoms with Crippen LogP contribution in [-0.4, -0.2) is 54.2 Å². The molecule has 1 N–H and O–H groups in total. The van der Waals surface area contributed by atoms with Crippen molar-refractivity contribution in [3.8, 4) is 11.5 Å². The van der Waals surface area contributed by atoms with Crippen LogP contribution in [0, 0.1) is 0 Å². The number of rotatable bonds is 5. The second-order valence-electron chi connectivity index (χ2n) is 6.92. The van der Waals surface area contributed by atoms with Crippen molar-refractivity contribution in [1.82, 2.24) is 20.3 Å². The zero-order valence-electron chi connectivity index (χ0n) is 16.5. The molecule has 1 amide bonds. The van der Waals surface area contributed by atoms with E-state index in [1.54, 1.807) is 45.1 Å². The number of benzene rings is 1. The molecule has 1 saturated heterocycles. The van der Waals surface area contributed by atoms with Gasteiger partial charge in [0.25, 0.3) is 5.91 Å². The molecule has 8 heteroatoms. The summed E-state index contributed by atoms with van der Waals surface area (Å²) in [6, 6.07) is 7.23. The average Bonchev–Trinajstić information content (AvgIpc) is 2.78. The number of amides is 1. The molecule has 0 aliphatic carbocycles. The van der Waals surface area contributed by atoms with Crippen LogP contribution in [-0.2, 0) is 0 Å². The SMILES string of the molecule is COc1cc2ncnc(N3CCCC(NC(=O)c4ccncc4)C3)c2cc1OC. The molecule has 3 aromatic rings. The number of carbonyl (C=O) groups excluding carboxylic acids is 1. The summed E-state index contributed by atoms with van der Waals surface area (Å²) in [5.41, 5.74) is 1.40. The molecule has 4 rings (SSSR count). The van der Waals surface area contributed by atoms with Crippen molar-refractivity contribution < 1.29 is 14.3 Å². The number of piperidine rings is 1. The smallest absolute Gasteiger partial charge is 0.251 e.